The third kappa shape index (κ3) is 2.89. The minimum absolute atomic E-state index is 0.0238. The molecule has 1 aliphatic rings. The highest BCUT2D eigenvalue weighted by molar-refractivity contribution is 5.83. The van der Waals surface area contributed by atoms with Crippen molar-refractivity contribution in [3.05, 3.63) is 35.9 Å². The Kier molecular flexibility index (Phi) is 4.33. The molecule has 1 unspecified atom stereocenters. The molecule has 1 fully saturated rings. The third-order valence-corrected chi connectivity index (χ3v) is 3.34. The van der Waals surface area contributed by atoms with E-state index >= 15 is 0 Å². The van der Waals surface area contributed by atoms with Crippen LogP contribution in [0.5, 0.6) is 0 Å². The van der Waals surface area contributed by atoms with Gasteiger partial charge in [-0.1, -0.05) is 37.3 Å². The molecule has 0 radical (unpaired) electrons. The first kappa shape index (κ1) is 13.1. The average molecular weight is 248 g/mol. The quantitative estimate of drug-likeness (QED) is 0.833. The molecule has 0 aromatic heterocycles. The highest BCUT2D eigenvalue weighted by Gasteiger charge is 2.31. The number of rotatable bonds is 4. The fourth-order valence-corrected chi connectivity index (χ4v) is 2.31. The largest absolute Gasteiger partial charge is 0.392 e. The maximum atomic E-state index is 12.0. The number of aliphatic hydroxyl groups excluding tert-OH is 1. The molecule has 2 rings (SSSR count). The Morgan fingerprint density at radius 1 is 1.44 bits per heavy atom. The molecule has 18 heavy (non-hydrogen) atoms. The molecule has 1 heterocycles. The molecule has 2 atom stereocenters. The number of carbonyl (C=O) groups is 1. The van der Waals surface area contributed by atoms with Crippen molar-refractivity contribution in [1.29, 1.82) is 0 Å². The topological polar surface area (TPSA) is 52.6 Å². The molecule has 1 amide bonds. The Morgan fingerprint density at radius 3 is 2.83 bits per heavy atom. The van der Waals surface area contributed by atoms with E-state index in [1.165, 1.54) is 0 Å². The van der Waals surface area contributed by atoms with E-state index in [2.05, 4.69) is 10.2 Å². The predicted octanol–water partition coefficient (Wildman–Crippen LogP) is 0.930. The molecule has 2 N–H and O–H groups in total. The predicted molar refractivity (Wildman–Crippen MR) is 70.1 cm³/mol. The van der Waals surface area contributed by atoms with E-state index < -0.39 is 0 Å². The number of hydrogen-bond acceptors (Lipinski definition) is 3. The van der Waals surface area contributed by atoms with Crippen LogP contribution in [0.3, 0.4) is 0 Å². The lowest BCUT2D eigenvalue weighted by Crippen LogP contribution is -2.51. The summed E-state index contributed by atoms with van der Waals surface area (Å²) in [5.41, 5.74) is 0.984. The number of piperazine rings is 1. The first-order chi connectivity index (χ1) is 8.72. The van der Waals surface area contributed by atoms with Crippen molar-refractivity contribution in [1.82, 2.24) is 10.2 Å². The van der Waals surface area contributed by atoms with Gasteiger partial charge in [-0.3, -0.25) is 9.69 Å². The van der Waals surface area contributed by atoms with Gasteiger partial charge in [-0.05, 0) is 12.0 Å². The van der Waals surface area contributed by atoms with Crippen molar-refractivity contribution in [3.8, 4) is 0 Å². The Morgan fingerprint density at radius 2 is 2.17 bits per heavy atom. The van der Waals surface area contributed by atoms with Crippen LogP contribution in [0.2, 0.25) is 0 Å². The van der Waals surface area contributed by atoms with Crippen molar-refractivity contribution >= 4 is 5.91 Å². The zero-order valence-electron chi connectivity index (χ0n) is 10.7. The Labute approximate surface area is 108 Å². The van der Waals surface area contributed by atoms with Gasteiger partial charge in [0, 0.05) is 19.6 Å². The number of carbonyl (C=O) groups excluding carboxylic acids is 1. The van der Waals surface area contributed by atoms with Crippen molar-refractivity contribution < 1.29 is 9.90 Å². The third-order valence-electron chi connectivity index (χ3n) is 3.34. The fourth-order valence-electron chi connectivity index (χ4n) is 2.31. The summed E-state index contributed by atoms with van der Waals surface area (Å²) in [6.45, 7) is 3.93. The highest BCUT2D eigenvalue weighted by Crippen LogP contribution is 2.23. The Hall–Kier alpha value is -1.39. The number of nitrogens with zero attached hydrogens (tertiary/aromatic N) is 1. The summed E-state index contributed by atoms with van der Waals surface area (Å²) in [4.78, 5) is 14.1. The van der Waals surface area contributed by atoms with Gasteiger partial charge in [-0.2, -0.15) is 0 Å². The zero-order valence-corrected chi connectivity index (χ0v) is 10.7. The lowest BCUT2D eigenvalue weighted by atomic mass is 10.0. The molecule has 0 spiro atoms. The minimum Gasteiger partial charge on any atom is -0.392 e. The van der Waals surface area contributed by atoms with Gasteiger partial charge >= 0.3 is 0 Å². The number of benzene rings is 1. The first-order valence-corrected chi connectivity index (χ1v) is 6.47. The van der Waals surface area contributed by atoms with Crippen LogP contribution in [0.4, 0.5) is 0 Å². The van der Waals surface area contributed by atoms with E-state index in [9.17, 15) is 9.90 Å². The maximum absolute atomic E-state index is 12.0. The van der Waals surface area contributed by atoms with Crippen LogP contribution in [0.15, 0.2) is 30.3 Å². The number of amides is 1. The van der Waals surface area contributed by atoms with Crippen LogP contribution >= 0.6 is 0 Å². The first-order valence-electron chi connectivity index (χ1n) is 6.47. The molecule has 1 aromatic rings. The fraction of sp³-hybridized carbons (Fsp3) is 0.500. The van der Waals surface area contributed by atoms with Crippen LogP contribution < -0.4 is 5.32 Å². The molecule has 1 aromatic carbocycles. The van der Waals surface area contributed by atoms with Crippen molar-refractivity contribution in [2.45, 2.75) is 25.5 Å². The second-order valence-corrected chi connectivity index (χ2v) is 4.66. The summed E-state index contributed by atoms with van der Waals surface area (Å²) >= 11 is 0. The monoisotopic (exact) mass is 248 g/mol. The molecular formula is C14H20N2O2. The summed E-state index contributed by atoms with van der Waals surface area (Å²) in [5, 5.41) is 12.7. The van der Waals surface area contributed by atoms with Gasteiger partial charge < -0.3 is 10.4 Å². The minimum atomic E-state index is -0.373. The molecule has 0 bridgehead atoms. The van der Waals surface area contributed by atoms with E-state index in [-0.39, 0.29) is 18.1 Å². The molecule has 0 saturated carbocycles. The van der Waals surface area contributed by atoms with Gasteiger partial charge in [-0.15, -0.1) is 0 Å². The molecule has 1 saturated heterocycles. The number of β-amino-alcohol motifs (C(OH)–C–C–N with tert-alkyl or cyclic N) is 1. The van der Waals surface area contributed by atoms with Gasteiger partial charge in [0.1, 0.15) is 6.04 Å². The zero-order chi connectivity index (χ0) is 13.0. The normalized spacial score (nSPS) is 22.6. The van der Waals surface area contributed by atoms with Crippen LogP contribution in [0.1, 0.15) is 24.9 Å². The highest BCUT2D eigenvalue weighted by atomic mass is 16.3. The van der Waals surface area contributed by atoms with Crippen molar-refractivity contribution in [2.24, 2.45) is 0 Å². The lowest BCUT2D eigenvalue weighted by Gasteiger charge is -2.36. The smallest absolute Gasteiger partial charge is 0.242 e. The number of nitrogens with one attached hydrogen (secondary N) is 1. The second-order valence-electron chi connectivity index (χ2n) is 4.66. The van der Waals surface area contributed by atoms with Crippen LogP contribution in [0.25, 0.3) is 0 Å². The molecule has 4 nitrogen and oxygen atoms in total. The molecule has 98 valence electrons. The van der Waals surface area contributed by atoms with E-state index in [0.29, 0.717) is 19.5 Å². The van der Waals surface area contributed by atoms with Gasteiger partial charge in [-0.25, -0.2) is 0 Å². The SMILES string of the molecule is CC[C@@H](O)CN1CCNC(=O)C1c1ccccc1. The van der Waals surface area contributed by atoms with Gasteiger partial charge in [0.2, 0.25) is 5.91 Å². The van der Waals surface area contributed by atoms with Gasteiger partial charge in [0.15, 0.2) is 0 Å². The van der Waals surface area contributed by atoms with E-state index in [1.807, 2.05) is 37.3 Å². The Balaban J connectivity index is 2.18. The molecule has 4 heteroatoms. The number of aliphatic hydroxyl groups is 1. The standard InChI is InChI=1S/C14H20N2O2/c1-2-12(17)10-16-9-8-15-14(18)13(16)11-6-4-3-5-7-11/h3-7,12-13,17H,2,8-10H2,1H3,(H,15,18)/t12-,13?/m1/s1. The maximum Gasteiger partial charge on any atom is 0.242 e. The van der Waals surface area contributed by atoms with Crippen molar-refractivity contribution in [3.63, 3.8) is 0 Å². The molecular weight excluding hydrogens is 228 g/mol. The van der Waals surface area contributed by atoms with Crippen LogP contribution in [-0.2, 0) is 4.79 Å². The van der Waals surface area contributed by atoms with Crippen molar-refractivity contribution in [2.75, 3.05) is 19.6 Å². The Bertz CT molecular complexity index is 394. The summed E-state index contributed by atoms with van der Waals surface area (Å²) in [6, 6.07) is 9.45. The summed E-state index contributed by atoms with van der Waals surface area (Å²) in [5.74, 6) is 0.0238. The van der Waals surface area contributed by atoms with Crippen LogP contribution in [-0.4, -0.2) is 41.7 Å². The summed E-state index contributed by atoms with van der Waals surface area (Å²) in [7, 11) is 0. The average Bonchev–Trinajstić information content (AvgIpc) is 2.40. The molecule has 1 aliphatic heterocycles. The molecule has 0 aliphatic carbocycles. The summed E-state index contributed by atoms with van der Waals surface area (Å²) in [6.07, 6.45) is 0.335. The van der Waals surface area contributed by atoms with E-state index in [4.69, 9.17) is 0 Å². The van der Waals surface area contributed by atoms with E-state index in [0.717, 1.165) is 12.1 Å². The lowest BCUT2D eigenvalue weighted by molar-refractivity contribution is -0.130. The summed E-state index contributed by atoms with van der Waals surface area (Å²) < 4.78 is 0. The van der Waals surface area contributed by atoms with E-state index in [1.54, 1.807) is 0 Å². The van der Waals surface area contributed by atoms with Gasteiger partial charge in [0.25, 0.3) is 0 Å². The second kappa shape index (κ2) is 5.98. The number of hydrogen-bond donors (Lipinski definition) is 2. The van der Waals surface area contributed by atoms with Crippen LogP contribution in [0, 0.1) is 0 Å². The van der Waals surface area contributed by atoms with Gasteiger partial charge in [0.05, 0.1) is 6.10 Å².